The van der Waals surface area contributed by atoms with E-state index in [1.54, 1.807) is 7.11 Å². The first kappa shape index (κ1) is 7.02. The molecule has 0 spiro atoms. The molecule has 7 heavy (non-hydrogen) atoms. The molecule has 0 rings (SSSR count). The van der Waals surface area contributed by atoms with Gasteiger partial charge >= 0.3 is 8.69 Å². The highest BCUT2D eigenvalue weighted by Crippen LogP contribution is 1.90. The summed E-state index contributed by atoms with van der Waals surface area (Å²) in [4.78, 5) is 0. The Hall–Kier alpha value is 0.0200. The molecule has 0 heterocycles. The van der Waals surface area contributed by atoms with Crippen molar-refractivity contribution in [1.82, 2.24) is 0 Å². The maximum Gasteiger partial charge on any atom is 0.327 e. The Morgan fingerprint density at radius 1 is 1.57 bits per heavy atom. The summed E-state index contributed by atoms with van der Waals surface area (Å²) in [7, 11) is 1.29. The van der Waals surface area contributed by atoms with Gasteiger partial charge < -0.3 is 4.74 Å². The fourth-order valence-electron chi connectivity index (χ4n) is 0.158. The van der Waals surface area contributed by atoms with E-state index in [2.05, 4.69) is 9.26 Å². The quantitative estimate of drug-likeness (QED) is 0.409. The summed E-state index contributed by atoms with van der Waals surface area (Å²) >= 11 is 0. The van der Waals surface area contributed by atoms with Crippen LogP contribution in [0.15, 0.2) is 0 Å². The molecule has 0 aromatic rings. The smallest absolute Gasteiger partial charge is 0.327 e. The maximum atomic E-state index is 9.50. The molecule has 42 valence electrons. The minimum absolute atomic E-state index is 0.275. The van der Waals surface area contributed by atoms with Crippen molar-refractivity contribution in [2.24, 2.45) is 0 Å². The van der Waals surface area contributed by atoms with E-state index in [0.29, 0.717) is 13.2 Å². The minimum atomic E-state index is -0.275. The molecule has 0 aliphatic carbocycles. The first-order valence-corrected chi connectivity index (χ1v) is 2.58. The highest BCUT2D eigenvalue weighted by Gasteiger charge is 1.79. The van der Waals surface area contributed by atoms with Crippen molar-refractivity contribution in [3.8, 4) is 0 Å². The molecule has 4 heteroatoms. The van der Waals surface area contributed by atoms with Crippen LogP contribution in [0, 0.1) is 0 Å². The van der Waals surface area contributed by atoms with Gasteiger partial charge in [-0.25, -0.2) is 4.57 Å². The molecule has 0 unspecified atom stereocenters. The second-order valence-electron chi connectivity index (χ2n) is 0.901. The topological polar surface area (TPSA) is 35.5 Å². The van der Waals surface area contributed by atoms with Gasteiger partial charge in [-0.15, -0.1) is 0 Å². The van der Waals surface area contributed by atoms with Crippen molar-refractivity contribution in [1.29, 1.82) is 0 Å². The molecule has 0 amide bonds. The van der Waals surface area contributed by atoms with Crippen LogP contribution in [0.2, 0.25) is 0 Å². The molecule has 0 aromatic carbocycles. The molecule has 0 fully saturated rings. The number of hydrogen-bond acceptors (Lipinski definition) is 3. The summed E-state index contributed by atoms with van der Waals surface area (Å²) < 4.78 is 18.4. The molecule has 0 aliphatic rings. The number of methoxy groups -OCH3 is 1. The van der Waals surface area contributed by atoms with Crippen LogP contribution in [0.25, 0.3) is 0 Å². The van der Waals surface area contributed by atoms with Crippen LogP contribution in [0.3, 0.4) is 0 Å². The van der Waals surface area contributed by atoms with Crippen molar-refractivity contribution < 1.29 is 13.8 Å². The Morgan fingerprint density at radius 3 is 2.71 bits per heavy atom. The van der Waals surface area contributed by atoms with Crippen molar-refractivity contribution in [2.45, 2.75) is 0 Å². The monoisotopic (exact) mass is 122 g/mol. The Bertz CT molecular complexity index is 47.4. The van der Waals surface area contributed by atoms with Crippen molar-refractivity contribution in [3.63, 3.8) is 0 Å². The van der Waals surface area contributed by atoms with Crippen LogP contribution in [0.1, 0.15) is 0 Å². The van der Waals surface area contributed by atoms with Crippen LogP contribution in [0.5, 0.6) is 0 Å². The summed E-state index contributed by atoms with van der Waals surface area (Å²) in [6, 6.07) is 0. The van der Waals surface area contributed by atoms with Crippen LogP contribution in [0.4, 0.5) is 0 Å². The standard InChI is InChI=1S/C3H7O3P/c1-5-2-3-6-7-4/h2-3H2,1H3. The van der Waals surface area contributed by atoms with E-state index in [1.165, 1.54) is 0 Å². The highest BCUT2D eigenvalue weighted by molar-refractivity contribution is 7.17. The first-order valence-electron chi connectivity index (χ1n) is 1.85. The number of ether oxygens (including phenoxy) is 1. The van der Waals surface area contributed by atoms with Crippen LogP contribution in [-0.2, 0) is 13.8 Å². The second-order valence-corrected chi connectivity index (χ2v) is 1.31. The van der Waals surface area contributed by atoms with Crippen molar-refractivity contribution in [3.05, 3.63) is 0 Å². The summed E-state index contributed by atoms with van der Waals surface area (Å²) in [5.74, 6) is 0. The van der Waals surface area contributed by atoms with E-state index in [-0.39, 0.29) is 8.69 Å². The van der Waals surface area contributed by atoms with Crippen LogP contribution in [-0.4, -0.2) is 20.3 Å². The van der Waals surface area contributed by atoms with E-state index in [1.807, 2.05) is 0 Å². The molecule has 0 aliphatic heterocycles. The fraction of sp³-hybridized carbons (Fsp3) is 1.00. The van der Waals surface area contributed by atoms with Gasteiger partial charge in [0.25, 0.3) is 0 Å². The molecule has 0 bridgehead atoms. The Kier molecular flexibility index (Phi) is 6.04. The zero-order chi connectivity index (χ0) is 5.54. The van der Waals surface area contributed by atoms with Gasteiger partial charge in [-0.3, -0.25) is 4.52 Å². The predicted molar refractivity (Wildman–Crippen MR) is 25.4 cm³/mol. The molecule has 0 saturated carbocycles. The SMILES string of the molecule is COCCOP=O. The summed E-state index contributed by atoms with van der Waals surface area (Å²) in [6.45, 7) is 0.886. The molecule has 0 saturated heterocycles. The number of rotatable bonds is 4. The summed E-state index contributed by atoms with van der Waals surface area (Å²) in [6.07, 6.45) is 0. The fourth-order valence-corrected chi connectivity index (χ4v) is 0.307. The summed E-state index contributed by atoms with van der Waals surface area (Å²) in [5, 5.41) is 0. The molecule has 0 radical (unpaired) electrons. The Labute approximate surface area is 43.9 Å². The van der Waals surface area contributed by atoms with E-state index in [9.17, 15) is 4.57 Å². The lowest BCUT2D eigenvalue weighted by Gasteiger charge is -1.89. The third kappa shape index (κ3) is 6.02. The normalized spacial score (nSPS) is 9.86. The van der Waals surface area contributed by atoms with Crippen molar-refractivity contribution in [2.75, 3.05) is 20.3 Å². The van der Waals surface area contributed by atoms with Gasteiger partial charge in [0.2, 0.25) is 0 Å². The maximum absolute atomic E-state index is 9.50. The molecule has 0 aromatic heterocycles. The van der Waals surface area contributed by atoms with Crippen LogP contribution < -0.4 is 0 Å². The van der Waals surface area contributed by atoms with E-state index < -0.39 is 0 Å². The third-order valence-electron chi connectivity index (χ3n) is 0.431. The first-order chi connectivity index (χ1) is 3.41. The molecule has 0 atom stereocenters. The lowest BCUT2D eigenvalue weighted by molar-refractivity contribution is 0.153. The van der Waals surface area contributed by atoms with E-state index >= 15 is 0 Å². The Morgan fingerprint density at radius 2 is 2.29 bits per heavy atom. The van der Waals surface area contributed by atoms with Gasteiger partial charge in [0, 0.05) is 7.11 Å². The molecular formula is C3H7O3P. The van der Waals surface area contributed by atoms with Gasteiger partial charge in [-0.1, -0.05) is 0 Å². The van der Waals surface area contributed by atoms with Crippen molar-refractivity contribution >= 4 is 8.69 Å². The van der Waals surface area contributed by atoms with Gasteiger partial charge in [0.15, 0.2) is 0 Å². The lowest BCUT2D eigenvalue weighted by Crippen LogP contribution is -1.93. The second kappa shape index (κ2) is 6.02. The van der Waals surface area contributed by atoms with E-state index in [0.717, 1.165) is 0 Å². The molecular weight excluding hydrogens is 115 g/mol. The highest BCUT2D eigenvalue weighted by atomic mass is 31.1. The average Bonchev–Trinajstić information content (AvgIpc) is 1.69. The van der Waals surface area contributed by atoms with Gasteiger partial charge in [0.1, 0.15) is 0 Å². The lowest BCUT2D eigenvalue weighted by atomic mass is 10.8. The number of hydrogen-bond donors (Lipinski definition) is 0. The van der Waals surface area contributed by atoms with Gasteiger partial charge in [0.05, 0.1) is 13.2 Å². The van der Waals surface area contributed by atoms with Gasteiger partial charge in [-0.2, -0.15) is 0 Å². The van der Waals surface area contributed by atoms with Crippen LogP contribution >= 0.6 is 8.69 Å². The third-order valence-corrected chi connectivity index (χ3v) is 0.719. The Balaban J connectivity index is 2.56. The largest absolute Gasteiger partial charge is 0.382 e. The zero-order valence-electron chi connectivity index (χ0n) is 4.09. The average molecular weight is 122 g/mol. The predicted octanol–water partition coefficient (Wildman–Crippen LogP) is 0.856. The molecule has 0 N–H and O–H groups in total. The zero-order valence-corrected chi connectivity index (χ0v) is 4.98. The summed E-state index contributed by atoms with van der Waals surface area (Å²) in [5.41, 5.74) is 0. The van der Waals surface area contributed by atoms with Gasteiger partial charge in [-0.05, 0) is 0 Å². The molecule has 3 nitrogen and oxygen atoms in total. The van der Waals surface area contributed by atoms with E-state index in [4.69, 9.17) is 0 Å². The minimum Gasteiger partial charge on any atom is -0.382 e.